The molecule has 0 spiro atoms. The second-order valence-corrected chi connectivity index (χ2v) is 4.60. The highest BCUT2D eigenvalue weighted by Gasteiger charge is 2.31. The molecule has 0 aromatic heterocycles. The van der Waals surface area contributed by atoms with Crippen molar-refractivity contribution in [3.8, 4) is 0 Å². The van der Waals surface area contributed by atoms with Crippen LogP contribution in [0.4, 0.5) is 23.7 Å². The van der Waals surface area contributed by atoms with E-state index in [1.165, 1.54) is 12.1 Å². The molecule has 0 saturated heterocycles. The predicted octanol–water partition coefficient (Wildman–Crippen LogP) is 4.50. The third-order valence-corrected chi connectivity index (χ3v) is 2.93. The molecule has 0 atom stereocenters. The van der Waals surface area contributed by atoms with Crippen LogP contribution in [0.3, 0.4) is 0 Å². The fourth-order valence-electron chi connectivity index (χ4n) is 1.75. The van der Waals surface area contributed by atoms with Crippen molar-refractivity contribution in [1.82, 2.24) is 0 Å². The van der Waals surface area contributed by atoms with Gasteiger partial charge in [0.2, 0.25) is 0 Å². The van der Waals surface area contributed by atoms with Crippen LogP contribution in [0.5, 0.6) is 0 Å². The van der Waals surface area contributed by atoms with Gasteiger partial charge in [-0.05, 0) is 17.7 Å². The van der Waals surface area contributed by atoms with Crippen molar-refractivity contribution in [2.24, 2.45) is 0 Å². The molecule has 0 unspecified atom stereocenters. The molecule has 2 aromatic carbocycles. The molecule has 0 aliphatic rings. The summed E-state index contributed by atoms with van der Waals surface area (Å²) in [5.74, 6) is -3.52. The van der Waals surface area contributed by atoms with Crippen LogP contribution in [-0.4, -0.2) is 12.8 Å². The van der Waals surface area contributed by atoms with Gasteiger partial charge in [-0.15, -0.1) is 0 Å². The maximum atomic E-state index is 13.1. The third-order valence-electron chi connectivity index (χ3n) is 2.93. The number of halogens is 3. The smallest absolute Gasteiger partial charge is 0.411 e. The van der Waals surface area contributed by atoms with Crippen molar-refractivity contribution >= 4 is 11.8 Å². The van der Waals surface area contributed by atoms with Gasteiger partial charge in [0.25, 0.3) is 0 Å². The van der Waals surface area contributed by atoms with Crippen LogP contribution in [-0.2, 0) is 17.3 Å². The summed E-state index contributed by atoms with van der Waals surface area (Å²) in [6.45, 7) is -1.66. The quantitative estimate of drug-likeness (QED) is 0.883. The van der Waals surface area contributed by atoms with Crippen LogP contribution >= 0.6 is 0 Å². The Kier molecular flexibility index (Phi) is 5.04. The molecule has 116 valence electrons. The van der Waals surface area contributed by atoms with Crippen molar-refractivity contribution in [1.29, 1.82) is 0 Å². The van der Waals surface area contributed by atoms with Crippen molar-refractivity contribution < 1.29 is 22.7 Å². The molecule has 0 fully saturated rings. The zero-order valence-corrected chi connectivity index (χ0v) is 11.6. The van der Waals surface area contributed by atoms with Gasteiger partial charge in [0.05, 0.1) is 0 Å². The number of benzene rings is 2. The van der Waals surface area contributed by atoms with E-state index >= 15 is 0 Å². The van der Waals surface area contributed by atoms with E-state index in [1.807, 2.05) is 18.2 Å². The molecule has 0 aliphatic carbocycles. The highest BCUT2D eigenvalue weighted by Crippen LogP contribution is 2.29. The normalized spacial score (nSPS) is 11.0. The molecule has 0 bridgehead atoms. The minimum absolute atomic E-state index is 0.102. The Hall–Kier alpha value is -2.50. The van der Waals surface area contributed by atoms with E-state index in [0.717, 1.165) is 17.7 Å². The first kappa shape index (κ1) is 15.9. The van der Waals surface area contributed by atoms with Crippen molar-refractivity contribution in [2.75, 3.05) is 12.0 Å². The fraction of sp³-hybridized carbons (Fsp3) is 0.188. The summed E-state index contributed by atoms with van der Waals surface area (Å²) in [6, 6.07) is 13.8. The number of carbonyl (C=O) groups excluding carboxylic acids is 1. The van der Waals surface area contributed by atoms with Gasteiger partial charge in [-0.25, -0.2) is 9.18 Å². The van der Waals surface area contributed by atoms with Crippen molar-refractivity contribution in [2.45, 2.75) is 12.5 Å². The monoisotopic (exact) mass is 309 g/mol. The maximum absolute atomic E-state index is 13.1. The molecular formula is C16H14F3NO2. The summed E-state index contributed by atoms with van der Waals surface area (Å²) in [5, 5.41) is 2.41. The summed E-state index contributed by atoms with van der Waals surface area (Å²) in [4.78, 5) is 11.6. The van der Waals surface area contributed by atoms with Crippen LogP contribution < -0.4 is 5.32 Å². The fourth-order valence-corrected chi connectivity index (χ4v) is 1.75. The Morgan fingerprint density at radius 3 is 2.27 bits per heavy atom. The molecule has 2 rings (SSSR count). The minimum Gasteiger partial charge on any atom is -0.444 e. The lowest BCUT2D eigenvalue weighted by Gasteiger charge is -2.13. The highest BCUT2D eigenvalue weighted by atomic mass is 19.3. The number of ether oxygens (including phenoxy) is 1. The average Bonchev–Trinajstić information content (AvgIpc) is 2.54. The second kappa shape index (κ2) is 6.98. The molecular weight excluding hydrogens is 295 g/mol. The number of nitrogens with one attached hydrogen (secondary N) is 1. The van der Waals surface area contributed by atoms with Crippen LogP contribution in [0.1, 0.15) is 11.1 Å². The Bertz CT molecular complexity index is 615. The van der Waals surface area contributed by atoms with E-state index < -0.39 is 24.3 Å². The second-order valence-electron chi connectivity index (χ2n) is 4.60. The molecule has 3 nitrogen and oxygen atoms in total. The van der Waals surface area contributed by atoms with Crippen molar-refractivity contribution in [3.05, 3.63) is 65.7 Å². The van der Waals surface area contributed by atoms with Gasteiger partial charge in [-0.2, -0.15) is 8.78 Å². The van der Waals surface area contributed by atoms with Gasteiger partial charge >= 0.3 is 12.0 Å². The zero-order valence-electron chi connectivity index (χ0n) is 11.6. The number of alkyl halides is 3. The topological polar surface area (TPSA) is 38.3 Å². The molecule has 0 radical (unpaired) electrons. The lowest BCUT2D eigenvalue weighted by atomic mass is 10.1. The number of rotatable bonds is 5. The number of carbonyl (C=O) groups is 1. The zero-order chi connectivity index (χ0) is 16.0. The van der Waals surface area contributed by atoms with Gasteiger partial charge < -0.3 is 4.74 Å². The molecule has 2 aromatic rings. The molecule has 0 heterocycles. The minimum atomic E-state index is -3.52. The summed E-state index contributed by atoms with van der Waals surface area (Å²) in [5.41, 5.74) is 0.672. The van der Waals surface area contributed by atoms with Crippen LogP contribution in [0, 0.1) is 0 Å². The van der Waals surface area contributed by atoms with E-state index in [9.17, 15) is 18.0 Å². The largest absolute Gasteiger partial charge is 0.444 e. The van der Waals surface area contributed by atoms with E-state index in [0.29, 0.717) is 0 Å². The first-order chi connectivity index (χ1) is 10.5. The lowest BCUT2D eigenvalue weighted by Crippen LogP contribution is -2.16. The van der Waals surface area contributed by atoms with Crippen LogP contribution in [0.25, 0.3) is 0 Å². The van der Waals surface area contributed by atoms with Gasteiger partial charge in [0.1, 0.15) is 6.61 Å². The number of amides is 1. The molecule has 1 N–H and O–H groups in total. The van der Waals surface area contributed by atoms with Gasteiger partial charge in [0, 0.05) is 11.3 Å². The Labute approximate surface area is 125 Å². The predicted molar refractivity (Wildman–Crippen MR) is 76.6 cm³/mol. The summed E-state index contributed by atoms with van der Waals surface area (Å²) in [6.07, 6.45) is -0.700. The summed E-state index contributed by atoms with van der Waals surface area (Å²) < 4.78 is 43.4. The SMILES string of the molecule is O=C(Nc1ccc(C(F)(F)CF)cc1)OCc1ccccc1. The molecule has 22 heavy (non-hydrogen) atoms. The van der Waals surface area contributed by atoms with E-state index in [4.69, 9.17) is 4.74 Å². The lowest BCUT2D eigenvalue weighted by molar-refractivity contribution is -0.0280. The van der Waals surface area contributed by atoms with Gasteiger partial charge in [-0.3, -0.25) is 5.32 Å². The van der Waals surface area contributed by atoms with E-state index in [-0.39, 0.29) is 12.3 Å². The molecule has 0 aliphatic heterocycles. The first-order valence-electron chi connectivity index (χ1n) is 6.53. The highest BCUT2D eigenvalue weighted by molar-refractivity contribution is 5.84. The Morgan fingerprint density at radius 2 is 1.68 bits per heavy atom. The van der Waals surface area contributed by atoms with E-state index in [2.05, 4.69) is 5.32 Å². The molecule has 6 heteroatoms. The Morgan fingerprint density at radius 1 is 1.05 bits per heavy atom. The van der Waals surface area contributed by atoms with Gasteiger partial charge in [-0.1, -0.05) is 42.5 Å². The van der Waals surface area contributed by atoms with E-state index in [1.54, 1.807) is 12.1 Å². The number of anilines is 1. The van der Waals surface area contributed by atoms with Crippen LogP contribution in [0.2, 0.25) is 0 Å². The molecule has 0 saturated carbocycles. The first-order valence-corrected chi connectivity index (χ1v) is 6.53. The standard InChI is InChI=1S/C16H14F3NO2/c17-11-16(18,19)13-6-8-14(9-7-13)20-15(21)22-10-12-4-2-1-3-5-12/h1-9H,10-11H2,(H,20,21). The summed E-state index contributed by atoms with van der Waals surface area (Å²) >= 11 is 0. The maximum Gasteiger partial charge on any atom is 0.411 e. The summed E-state index contributed by atoms with van der Waals surface area (Å²) in [7, 11) is 0. The number of hydrogen-bond donors (Lipinski definition) is 1. The van der Waals surface area contributed by atoms with Crippen molar-refractivity contribution in [3.63, 3.8) is 0 Å². The number of hydrogen-bond acceptors (Lipinski definition) is 2. The van der Waals surface area contributed by atoms with Crippen LogP contribution in [0.15, 0.2) is 54.6 Å². The Balaban J connectivity index is 1.89. The average molecular weight is 309 g/mol. The molecule has 1 amide bonds. The van der Waals surface area contributed by atoms with Gasteiger partial charge in [0.15, 0.2) is 6.67 Å². The third kappa shape index (κ3) is 4.25.